The minimum Gasteiger partial charge on any atom is -0.377 e. The van der Waals surface area contributed by atoms with E-state index in [-0.39, 0.29) is 16.7 Å². The molecule has 0 saturated heterocycles. The first-order chi connectivity index (χ1) is 11.6. The fraction of sp³-hybridized carbons (Fsp3) is 0.300. The highest BCUT2D eigenvalue weighted by molar-refractivity contribution is 5.66. The van der Waals surface area contributed by atoms with Gasteiger partial charge in [-0.05, 0) is 42.9 Å². The Morgan fingerprint density at radius 3 is 2.71 bits per heavy atom. The third kappa shape index (κ3) is 2.13. The van der Waals surface area contributed by atoms with E-state index in [1.165, 1.54) is 16.7 Å². The molecular weight excluding hydrogens is 300 g/mol. The number of nitro groups is 1. The lowest BCUT2D eigenvalue weighted by molar-refractivity contribution is -0.385. The zero-order valence-electron chi connectivity index (χ0n) is 13.8. The zero-order chi connectivity index (χ0) is 16.8. The monoisotopic (exact) mass is 320 g/mol. The largest absolute Gasteiger partial charge is 0.377 e. The smallest absolute Gasteiger partial charge is 0.274 e. The van der Waals surface area contributed by atoms with Gasteiger partial charge < -0.3 is 5.32 Å². The number of benzene rings is 2. The summed E-state index contributed by atoms with van der Waals surface area (Å²) in [5, 5.41) is 15.1. The van der Waals surface area contributed by atoms with E-state index >= 15 is 0 Å². The molecule has 0 spiro atoms. The number of fused-ring (bicyclic) bond motifs is 3. The van der Waals surface area contributed by atoms with Crippen molar-refractivity contribution in [2.24, 2.45) is 5.92 Å². The van der Waals surface area contributed by atoms with Crippen LogP contribution in [-0.4, -0.2) is 4.92 Å². The Hall–Kier alpha value is -2.62. The molecule has 0 amide bonds. The molecule has 1 N–H and O–H groups in total. The first kappa shape index (κ1) is 14.9. The summed E-state index contributed by atoms with van der Waals surface area (Å²) in [5.74, 6) is 0.645. The average molecular weight is 320 g/mol. The number of allylic oxidation sites excluding steroid dienone is 2. The van der Waals surface area contributed by atoms with Crippen LogP contribution in [-0.2, 0) is 0 Å². The standard InChI is InChI=1S/C20H20N2O2/c1-12-10-11-16-14-7-5-8-15(14)20(21-19(16)13(12)2)17-6-3-4-9-18(17)22(23)24/h3-7,9-11,14-15,20-21H,8H2,1-2H3. The molecule has 2 aromatic carbocycles. The van der Waals surface area contributed by atoms with Crippen LogP contribution >= 0.6 is 0 Å². The topological polar surface area (TPSA) is 55.2 Å². The number of anilines is 1. The summed E-state index contributed by atoms with van der Waals surface area (Å²) in [5.41, 5.74) is 5.91. The van der Waals surface area contributed by atoms with Gasteiger partial charge in [0.05, 0.1) is 16.5 Å². The predicted molar refractivity (Wildman–Crippen MR) is 95.4 cm³/mol. The summed E-state index contributed by atoms with van der Waals surface area (Å²) in [7, 11) is 0. The van der Waals surface area contributed by atoms with E-state index in [1.54, 1.807) is 12.1 Å². The summed E-state index contributed by atoms with van der Waals surface area (Å²) in [6.07, 6.45) is 5.42. The van der Waals surface area contributed by atoms with E-state index in [0.717, 1.165) is 17.7 Å². The number of nitrogens with one attached hydrogen (secondary N) is 1. The molecule has 122 valence electrons. The van der Waals surface area contributed by atoms with E-state index in [2.05, 4.69) is 43.4 Å². The highest BCUT2D eigenvalue weighted by Crippen LogP contribution is 2.52. The number of nitro benzene ring substituents is 1. The Balaban J connectivity index is 1.87. The van der Waals surface area contributed by atoms with Gasteiger partial charge in [0, 0.05) is 17.7 Å². The van der Waals surface area contributed by atoms with Crippen molar-refractivity contribution in [2.75, 3.05) is 5.32 Å². The van der Waals surface area contributed by atoms with Gasteiger partial charge in [-0.2, -0.15) is 0 Å². The van der Waals surface area contributed by atoms with Crippen LogP contribution in [0.1, 0.15) is 40.6 Å². The average Bonchev–Trinajstić information content (AvgIpc) is 3.07. The second-order valence-corrected chi connectivity index (χ2v) is 6.76. The Labute approximate surface area is 141 Å². The lowest BCUT2D eigenvalue weighted by Crippen LogP contribution is -2.30. The Bertz CT molecular complexity index is 857. The lowest BCUT2D eigenvalue weighted by atomic mass is 9.75. The second kappa shape index (κ2) is 5.48. The van der Waals surface area contributed by atoms with Gasteiger partial charge in [0.15, 0.2) is 0 Å². The fourth-order valence-electron chi connectivity index (χ4n) is 4.14. The summed E-state index contributed by atoms with van der Waals surface area (Å²) in [4.78, 5) is 11.2. The maximum absolute atomic E-state index is 11.5. The molecule has 3 atom stereocenters. The molecule has 0 aromatic heterocycles. The van der Waals surface area contributed by atoms with Crippen molar-refractivity contribution >= 4 is 11.4 Å². The molecule has 0 saturated carbocycles. The second-order valence-electron chi connectivity index (χ2n) is 6.76. The maximum atomic E-state index is 11.5. The summed E-state index contributed by atoms with van der Waals surface area (Å²) < 4.78 is 0. The molecule has 0 radical (unpaired) electrons. The van der Waals surface area contributed by atoms with Crippen molar-refractivity contribution in [1.29, 1.82) is 0 Å². The number of hydrogen-bond acceptors (Lipinski definition) is 3. The van der Waals surface area contributed by atoms with Gasteiger partial charge >= 0.3 is 0 Å². The maximum Gasteiger partial charge on any atom is 0.274 e. The van der Waals surface area contributed by atoms with E-state index in [9.17, 15) is 10.1 Å². The lowest BCUT2D eigenvalue weighted by Gasteiger charge is -2.38. The summed E-state index contributed by atoms with van der Waals surface area (Å²) in [6.45, 7) is 4.23. The van der Waals surface area contributed by atoms with Crippen LogP contribution in [0.25, 0.3) is 0 Å². The molecule has 1 heterocycles. The number of aryl methyl sites for hydroxylation is 1. The number of para-hydroxylation sites is 1. The normalized spacial score (nSPS) is 24.2. The summed E-state index contributed by atoms with van der Waals surface area (Å²) >= 11 is 0. The minimum absolute atomic E-state index is 0.0420. The van der Waals surface area contributed by atoms with Crippen molar-refractivity contribution in [3.05, 3.63) is 80.9 Å². The van der Waals surface area contributed by atoms with Gasteiger partial charge in [-0.25, -0.2) is 0 Å². The van der Waals surface area contributed by atoms with Gasteiger partial charge in [0.25, 0.3) is 5.69 Å². The van der Waals surface area contributed by atoms with Crippen LogP contribution in [0, 0.1) is 29.9 Å². The van der Waals surface area contributed by atoms with E-state index in [0.29, 0.717) is 11.8 Å². The van der Waals surface area contributed by atoms with E-state index in [1.807, 2.05) is 12.1 Å². The minimum atomic E-state index is -0.271. The van der Waals surface area contributed by atoms with Crippen molar-refractivity contribution < 1.29 is 4.92 Å². The third-order valence-electron chi connectivity index (χ3n) is 5.54. The molecule has 0 bridgehead atoms. The zero-order valence-corrected chi connectivity index (χ0v) is 13.8. The Morgan fingerprint density at radius 1 is 1.12 bits per heavy atom. The molecule has 1 aliphatic heterocycles. The SMILES string of the molecule is Cc1ccc2c(c1C)NC(c1ccccc1[N+](=O)[O-])C1CC=CC21. The third-order valence-corrected chi connectivity index (χ3v) is 5.54. The van der Waals surface area contributed by atoms with Crippen LogP contribution < -0.4 is 5.32 Å². The summed E-state index contributed by atoms with van der Waals surface area (Å²) in [6, 6.07) is 11.4. The molecule has 3 unspecified atom stereocenters. The molecule has 4 rings (SSSR count). The quantitative estimate of drug-likeness (QED) is 0.479. The fourth-order valence-corrected chi connectivity index (χ4v) is 4.14. The van der Waals surface area contributed by atoms with Crippen molar-refractivity contribution in [3.63, 3.8) is 0 Å². The first-order valence-corrected chi connectivity index (χ1v) is 8.34. The van der Waals surface area contributed by atoms with Crippen molar-refractivity contribution in [1.82, 2.24) is 0 Å². The van der Waals surface area contributed by atoms with Crippen molar-refractivity contribution in [3.8, 4) is 0 Å². The highest BCUT2D eigenvalue weighted by atomic mass is 16.6. The first-order valence-electron chi connectivity index (χ1n) is 8.34. The molecular formula is C20H20N2O2. The Morgan fingerprint density at radius 2 is 1.92 bits per heavy atom. The van der Waals surface area contributed by atoms with Gasteiger partial charge in [-0.15, -0.1) is 0 Å². The molecule has 2 aliphatic rings. The molecule has 1 aliphatic carbocycles. The molecule has 2 aromatic rings. The van der Waals surface area contributed by atoms with Gasteiger partial charge in [-0.1, -0.05) is 42.5 Å². The number of nitrogens with zero attached hydrogens (tertiary/aromatic N) is 1. The van der Waals surface area contributed by atoms with Crippen LogP contribution in [0.2, 0.25) is 0 Å². The van der Waals surface area contributed by atoms with Gasteiger partial charge in [0.1, 0.15) is 0 Å². The van der Waals surface area contributed by atoms with Gasteiger partial charge in [-0.3, -0.25) is 10.1 Å². The van der Waals surface area contributed by atoms with E-state index in [4.69, 9.17) is 0 Å². The van der Waals surface area contributed by atoms with Gasteiger partial charge in [0.2, 0.25) is 0 Å². The molecule has 24 heavy (non-hydrogen) atoms. The van der Waals surface area contributed by atoms with Crippen LogP contribution in [0.15, 0.2) is 48.6 Å². The predicted octanol–water partition coefficient (Wildman–Crippen LogP) is 5.04. The molecule has 4 heteroatoms. The number of hydrogen-bond donors (Lipinski definition) is 1. The highest BCUT2D eigenvalue weighted by Gasteiger charge is 2.40. The van der Waals surface area contributed by atoms with Crippen LogP contribution in [0.4, 0.5) is 11.4 Å². The Kier molecular flexibility index (Phi) is 3.41. The number of rotatable bonds is 2. The van der Waals surface area contributed by atoms with Crippen LogP contribution in [0.3, 0.4) is 0 Å². The van der Waals surface area contributed by atoms with E-state index < -0.39 is 0 Å². The van der Waals surface area contributed by atoms with Crippen molar-refractivity contribution in [2.45, 2.75) is 32.2 Å². The molecule has 4 nitrogen and oxygen atoms in total. The van der Waals surface area contributed by atoms with Crippen LogP contribution in [0.5, 0.6) is 0 Å². The molecule has 0 fully saturated rings.